The SMILES string of the molecule is O=S(=O)(c1ccc(-c2ccno2)s1)N1CCOCC1. The van der Waals surface area contributed by atoms with Crippen LogP contribution in [0.4, 0.5) is 0 Å². The molecule has 0 amide bonds. The fourth-order valence-corrected chi connectivity index (χ4v) is 4.67. The molecule has 102 valence electrons. The summed E-state index contributed by atoms with van der Waals surface area (Å²) in [4.78, 5) is 0.754. The summed E-state index contributed by atoms with van der Waals surface area (Å²) in [5.74, 6) is 0.577. The maximum atomic E-state index is 12.4. The Labute approximate surface area is 114 Å². The fourth-order valence-electron chi connectivity index (χ4n) is 1.85. The van der Waals surface area contributed by atoms with Gasteiger partial charge in [0.25, 0.3) is 10.0 Å². The topological polar surface area (TPSA) is 72.6 Å². The average molecular weight is 300 g/mol. The van der Waals surface area contributed by atoms with Crippen molar-refractivity contribution in [2.75, 3.05) is 26.3 Å². The van der Waals surface area contributed by atoms with Gasteiger partial charge in [0.1, 0.15) is 4.21 Å². The summed E-state index contributed by atoms with van der Waals surface area (Å²) in [7, 11) is -3.42. The summed E-state index contributed by atoms with van der Waals surface area (Å²) in [5.41, 5.74) is 0. The van der Waals surface area contributed by atoms with Crippen molar-refractivity contribution in [1.29, 1.82) is 0 Å². The van der Waals surface area contributed by atoms with Crippen LogP contribution in [0, 0.1) is 0 Å². The Hall–Kier alpha value is -1.22. The van der Waals surface area contributed by atoms with E-state index < -0.39 is 10.0 Å². The van der Waals surface area contributed by atoms with Gasteiger partial charge in [0.2, 0.25) is 0 Å². The zero-order valence-corrected chi connectivity index (χ0v) is 11.6. The molecule has 8 heteroatoms. The second-order valence-corrected chi connectivity index (χ2v) is 7.26. The first kappa shape index (κ1) is 12.8. The third-order valence-electron chi connectivity index (χ3n) is 2.83. The molecule has 0 atom stereocenters. The van der Waals surface area contributed by atoms with E-state index in [1.54, 1.807) is 18.2 Å². The lowest BCUT2D eigenvalue weighted by atomic mass is 10.4. The first-order chi connectivity index (χ1) is 9.18. The molecule has 1 aliphatic heterocycles. The molecule has 0 spiro atoms. The number of hydrogen-bond acceptors (Lipinski definition) is 6. The monoisotopic (exact) mass is 300 g/mol. The lowest BCUT2D eigenvalue weighted by molar-refractivity contribution is 0.0731. The molecular weight excluding hydrogens is 288 g/mol. The molecule has 1 aliphatic rings. The van der Waals surface area contributed by atoms with Crippen LogP contribution >= 0.6 is 11.3 Å². The van der Waals surface area contributed by atoms with Crippen LogP contribution in [0.5, 0.6) is 0 Å². The van der Waals surface area contributed by atoms with E-state index in [0.717, 1.165) is 4.88 Å². The van der Waals surface area contributed by atoms with Crippen LogP contribution in [-0.4, -0.2) is 44.2 Å². The molecule has 2 aromatic rings. The van der Waals surface area contributed by atoms with Crippen molar-refractivity contribution in [3.8, 4) is 10.6 Å². The van der Waals surface area contributed by atoms with Gasteiger partial charge in [0.15, 0.2) is 5.76 Å². The minimum Gasteiger partial charge on any atom is -0.379 e. The van der Waals surface area contributed by atoms with Gasteiger partial charge in [-0.2, -0.15) is 4.31 Å². The molecule has 6 nitrogen and oxygen atoms in total. The Balaban J connectivity index is 1.89. The quantitative estimate of drug-likeness (QED) is 0.857. The molecule has 0 aromatic carbocycles. The molecule has 0 radical (unpaired) electrons. The van der Waals surface area contributed by atoms with Crippen LogP contribution in [0.25, 0.3) is 10.6 Å². The Bertz CT molecular complexity index is 642. The van der Waals surface area contributed by atoms with Crippen LogP contribution in [0.2, 0.25) is 0 Å². The summed E-state index contributed by atoms with van der Waals surface area (Å²) in [5, 5.41) is 3.62. The molecule has 2 aromatic heterocycles. The Morgan fingerprint density at radius 1 is 1.21 bits per heavy atom. The van der Waals surface area contributed by atoms with Crippen LogP contribution in [-0.2, 0) is 14.8 Å². The van der Waals surface area contributed by atoms with E-state index in [9.17, 15) is 8.42 Å². The van der Waals surface area contributed by atoms with Gasteiger partial charge in [-0.3, -0.25) is 0 Å². The fraction of sp³-hybridized carbons (Fsp3) is 0.364. The van der Waals surface area contributed by atoms with Crippen molar-refractivity contribution in [3.63, 3.8) is 0 Å². The van der Waals surface area contributed by atoms with E-state index in [4.69, 9.17) is 9.26 Å². The van der Waals surface area contributed by atoms with Crippen molar-refractivity contribution >= 4 is 21.4 Å². The third-order valence-corrected chi connectivity index (χ3v) is 6.29. The zero-order chi connectivity index (χ0) is 13.3. The molecule has 0 bridgehead atoms. The molecule has 1 saturated heterocycles. The van der Waals surface area contributed by atoms with Gasteiger partial charge < -0.3 is 9.26 Å². The van der Waals surface area contributed by atoms with Gasteiger partial charge >= 0.3 is 0 Å². The minimum atomic E-state index is -3.42. The maximum Gasteiger partial charge on any atom is 0.252 e. The highest BCUT2D eigenvalue weighted by Gasteiger charge is 2.28. The highest BCUT2D eigenvalue weighted by atomic mass is 32.2. The standard InChI is InChI=1S/C11H12N2O4S2/c14-19(15,13-5-7-16-8-6-13)11-2-1-10(18-11)9-3-4-12-17-9/h1-4H,5-8H2. The number of thiophene rings is 1. The third kappa shape index (κ3) is 2.44. The minimum absolute atomic E-state index is 0.320. The Morgan fingerprint density at radius 3 is 2.68 bits per heavy atom. The number of nitrogens with zero attached hydrogens (tertiary/aromatic N) is 2. The maximum absolute atomic E-state index is 12.4. The number of morpholine rings is 1. The largest absolute Gasteiger partial charge is 0.379 e. The van der Waals surface area contributed by atoms with E-state index >= 15 is 0 Å². The average Bonchev–Trinajstić information content (AvgIpc) is 3.10. The van der Waals surface area contributed by atoms with Crippen molar-refractivity contribution in [2.45, 2.75) is 4.21 Å². The predicted molar refractivity (Wildman–Crippen MR) is 69.4 cm³/mol. The van der Waals surface area contributed by atoms with Crippen LogP contribution in [0.15, 0.2) is 33.1 Å². The van der Waals surface area contributed by atoms with E-state index in [2.05, 4.69) is 5.16 Å². The van der Waals surface area contributed by atoms with Crippen molar-refractivity contribution in [1.82, 2.24) is 9.46 Å². The first-order valence-corrected chi connectivity index (χ1v) is 8.02. The Morgan fingerprint density at radius 2 is 2.00 bits per heavy atom. The van der Waals surface area contributed by atoms with E-state index in [1.807, 2.05) is 0 Å². The van der Waals surface area contributed by atoms with Gasteiger partial charge in [-0.1, -0.05) is 5.16 Å². The first-order valence-electron chi connectivity index (χ1n) is 5.77. The highest BCUT2D eigenvalue weighted by Crippen LogP contribution is 2.32. The normalized spacial score (nSPS) is 17.7. The van der Waals surface area contributed by atoms with Crippen molar-refractivity contribution in [3.05, 3.63) is 24.4 Å². The van der Waals surface area contributed by atoms with Crippen LogP contribution in [0.3, 0.4) is 0 Å². The van der Waals surface area contributed by atoms with Gasteiger partial charge in [-0.05, 0) is 12.1 Å². The number of aromatic nitrogens is 1. The predicted octanol–water partition coefficient (Wildman–Crippen LogP) is 1.42. The molecule has 3 heterocycles. The number of rotatable bonds is 3. The lowest BCUT2D eigenvalue weighted by Crippen LogP contribution is -2.40. The van der Waals surface area contributed by atoms with Gasteiger partial charge in [-0.15, -0.1) is 11.3 Å². The second kappa shape index (κ2) is 5.04. The molecule has 0 N–H and O–H groups in total. The molecule has 0 saturated carbocycles. The summed E-state index contributed by atoms with van der Waals surface area (Å²) in [6.07, 6.45) is 1.53. The van der Waals surface area contributed by atoms with E-state index in [-0.39, 0.29) is 0 Å². The molecular formula is C11H12N2O4S2. The number of ether oxygens (including phenoxy) is 1. The number of hydrogen-bond donors (Lipinski definition) is 0. The molecule has 0 aliphatic carbocycles. The van der Waals surface area contributed by atoms with Crippen LogP contribution < -0.4 is 0 Å². The summed E-state index contributed by atoms with van der Waals surface area (Å²) >= 11 is 1.19. The lowest BCUT2D eigenvalue weighted by Gasteiger charge is -2.25. The highest BCUT2D eigenvalue weighted by molar-refractivity contribution is 7.91. The Kier molecular flexibility index (Phi) is 3.40. The summed E-state index contributed by atoms with van der Waals surface area (Å²) < 4.78 is 36.8. The van der Waals surface area contributed by atoms with E-state index in [0.29, 0.717) is 36.3 Å². The van der Waals surface area contributed by atoms with Crippen molar-refractivity contribution in [2.24, 2.45) is 0 Å². The van der Waals surface area contributed by atoms with Gasteiger partial charge in [0.05, 0.1) is 24.3 Å². The van der Waals surface area contributed by atoms with E-state index in [1.165, 1.54) is 21.8 Å². The van der Waals surface area contributed by atoms with Gasteiger partial charge in [0, 0.05) is 19.2 Å². The zero-order valence-electron chi connectivity index (χ0n) is 9.98. The number of sulfonamides is 1. The molecule has 3 rings (SSSR count). The second-order valence-electron chi connectivity index (χ2n) is 4.01. The molecule has 19 heavy (non-hydrogen) atoms. The van der Waals surface area contributed by atoms with Gasteiger partial charge in [-0.25, -0.2) is 8.42 Å². The summed E-state index contributed by atoms with van der Waals surface area (Å²) in [6, 6.07) is 5.04. The smallest absolute Gasteiger partial charge is 0.252 e. The summed E-state index contributed by atoms with van der Waals surface area (Å²) in [6.45, 7) is 1.69. The molecule has 0 unspecified atom stereocenters. The van der Waals surface area contributed by atoms with Crippen LogP contribution in [0.1, 0.15) is 0 Å². The van der Waals surface area contributed by atoms with Crippen molar-refractivity contribution < 1.29 is 17.7 Å². The molecule has 1 fully saturated rings.